The maximum atomic E-state index is 4.89. The quantitative estimate of drug-likeness (QED) is 0.157. The van der Waals surface area contributed by atoms with Gasteiger partial charge in [-0.1, -0.05) is 60.7 Å². The summed E-state index contributed by atoms with van der Waals surface area (Å²) >= 11 is 19.5. The molecule has 0 aliphatic carbocycles. The molecule has 0 fully saturated rings. The Bertz CT molecular complexity index is 822. The van der Waals surface area contributed by atoms with E-state index in [4.69, 9.17) is 49.7 Å². The standard InChI is InChI=1S/2C12H16N2S2.Zn/c2*1-3-14(4-2)11(13-12(15)16)10-8-6-5-7-9-10;/h2*5-9H,3-4H2,1-2H3,(H,15,16);/q;;+2/p-2. The molecule has 33 heavy (non-hydrogen) atoms. The summed E-state index contributed by atoms with van der Waals surface area (Å²) in [5, 5.41) is 0. The van der Waals surface area contributed by atoms with Crippen molar-refractivity contribution in [2.24, 2.45) is 9.98 Å². The van der Waals surface area contributed by atoms with Crippen molar-refractivity contribution in [1.29, 1.82) is 0 Å². The molecule has 0 heterocycles. The molecule has 0 spiro atoms. The van der Waals surface area contributed by atoms with Gasteiger partial charge in [0.1, 0.15) is 11.7 Å². The van der Waals surface area contributed by atoms with Crippen molar-refractivity contribution >= 4 is 70.0 Å². The Hall–Kier alpha value is -1.38. The first kappa shape index (κ1) is 31.6. The third-order valence-corrected chi connectivity index (χ3v) is 4.95. The second-order valence-corrected chi connectivity index (χ2v) is 8.54. The molecule has 0 aliphatic heterocycles. The average Bonchev–Trinajstić information content (AvgIpc) is 2.80. The van der Waals surface area contributed by atoms with Gasteiger partial charge in [-0.15, -0.1) is 0 Å². The number of hydrogen-bond acceptors (Lipinski definition) is 4. The topological polar surface area (TPSA) is 31.2 Å². The van der Waals surface area contributed by atoms with E-state index in [1.54, 1.807) is 0 Å². The third kappa shape index (κ3) is 11.5. The molecular formula is C24H30N4S4Zn. The van der Waals surface area contributed by atoms with Crippen LogP contribution in [0.1, 0.15) is 38.8 Å². The number of thiocarbonyl (C=S) groups is 2. The van der Waals surface area contributed by atoms with Crippen LogP contribution < -0.4 is 0 Å². The zero-order valence-electron chi connectivity index (χ0n) is 19.7. The van der Waals surface area contributed by atoms with E-state index in [9.17, 15) is 0 Å². The van der Waals surface area contributed by atoms with Crippen molar-refractivity contribution in [3.63, 3.8) is 0 Å². The third-order valence-electron chi connectivity index (χ3n) is 4.58. The Morgan fingerprint density at radius 2 is 0.909 bits per heavy atom. The molecule has 172 valence electrons. The number of amidine groups is 2. The summed E-state index contributed by atoms with van der Waals surface area (Å²) in [6, 6.07) is 20.0. The van der Waals surface area contributed by atoms with Gasteiger partial charge in [-0.05, 0) is 36.3 Å². The zero-order valence-corrected chi connectivity index (χ0v) is 26.0. The summed E-state index contributed by atoms with van der Waals surface area (Å²) < 4.78 is 0.511. The van der Waals surface area contributed by atoms with Crippen LogP contribution in [0.5, 0.6) is 0 Å². The van der Waals surface area contributed by atoms with Crippen LogP contribution in [0.3, 0.4) is 0 Å². The molecule has 0 aliphatic rings. The minimum Gasteiger partial charge on any atom is -0.409 e. The van der Waals surface area contributed by atoms with Gasteiger partial charge in [0.25, 0.3) is 0 Å². The summed E-state index contributed by atoms with van der Waals surface area (Å²) in [7, 11) is 0. The van der Waals surface area contributed by atoms with Crippen LogP contribution in [0.25, 0.3) is 0 Å². The van der Waals surface area contributed by atoms with E-state index in [-0.39, 0.29) is 28.1 Å². The Morgan fingerprint density at radius 1 is 0.636 bits per heavy atom. The molecule has 0 radical (unpaired) electrons. The number of hydrogen-bond donors (Lipinski definition) is 0. The van der Waals surface area contributed by atoms with Gasteiger partial charge in [0, 0.05) is 37.3 Å². The van der Waals surface area contributed by atoms with E-state index < -0.39 is 0 Å². The molecule has 9 heteroatoms. The second kappa shape index (κ2) is 18.0. The Balaban J connectivity index is 0.000000602. The molecule has 0 saturated carbocycles. The van der Waals surface area contributed by atoms with Gasteiger partial charge in [0.05, 0.1) is 0 Å². The molecule has 0 aromatic heterocycles. The van der Waals surface area contributed by atoms with E-state index in [1.165, 1.54) is 0 Å². The number of nitrogens with zero attached hydrogens (tertiary/aromatic N) is 4. The number of rotatable bonds is 6. The summed E-state index contributed by atoms with van der Waals surface area (Å²) in [6.07, 6.45) is 0. The Morgan fingerprint density at radius 3 is 1.12 bits per heavy atom. The zero-order chi connectivity index (χ0) is 23.9. The predicted octanol–water partition coefficient (Wildman–Crippen LogP) is 5.21. The first-order valence-corrected chi connectivity index (χ1v) is 12.2. The van der Waals surface area contributed by atoms with Crippen LogP contribution in [0.2, 0.25) is 0 Å². The molecular weight excluding hydrogens is 538 g/mol. The number of benzene rings is 2. The smallest absolute Gasteiger partial charge is 0.409 e. The van der Waals surface area contributed by atoms with Crippen molar-refractivity contribution in [2.75, 3.05) is 26.2 Å². The van der Waals surface area contributed by atoms with Crippen LogP contribution in [0.4, 0.5) is 0 Å². The van der Waals surface area contributed by atoms with Crippen LogP contribution in [-0.2, 0) is 44.7 Å². The van der Waals surface area contributed by atoms with Crippen molar-refractivity contribution in [3.05, 3.63) is 71.8 Å². The van der Waals surface area contributed by atoms with Gasteiger partial charge in [0.2, 0.25) is 0 Å². The predicted molar refractivity (Wildman–Crippen MR) is 152 cm³/mol. The minimum absolute atomic E-state index is 0. The van der Waals surface area contributed by atoms with Crippen LogP contribution in [-0.4, -0.2) is 56.3 Å². The SMILES string of the molecule is CCN(CC)C(=NC(=S)[S-])c1ccccc1.CCN(CC)C(=NC(=S)[S-])c1ccccc1.[Zn+2]. The molecule has 0 unspecified atom stereocenters. The first-order chi connectivity index (χ1) is 15.4. The monoisotopic (exact) mass is 566 g/mol. The van der Waals surface area contributed by atoms with Crippen LogP contribution in [0.15, 0.2) is 70.6 Å². The minimum atomic E-state index is 0. The van der Waals surface area contributed by atoms with E-state index >= 15 is 0 Å². The maximum Gasteiger partial charge on any atom is 2.00 e. The normalized spacial score (nSPS) is 10.9. The van der Waals surface area contributed by atoms with Crippen molar-refractivity contribution in [2.45, 2.75) is 27.7 Å². The van der Waals surface area contributed by atoms with Crippen LogP contribution in [0, 0.1) is 0 Å². The van der Waals surface area contributed by atoms with Gasteiger partial charge >= 0.3 is 19.5 Å². The summed E-state index contributed by atoms with van der Waals surface area (Å²) in [4.78, 5) is 12.8. The van der Waals surface area contributed by atoms with Gasteiger partial charge in [-0.3, -0.25) is 9.98 Å². The molecule has 2 aromatic carbocycles. The molecule has 0 N–H and O–H groups in total. The van der Waals surface area contributed by atoms with Crippen molar-refractivity contribution in [1.82, 2.24) is 9.80 Å². The fourth-order valence-electron chi connectivity index (χ4n) is 3.03. The first-order valence-electron chi connectivity index (χ1n) is 10.6. The Kier molecular flexibility index (Phi) is 17.3. The van der Waals surface area contributed by atoms with Gasteiger partial charge < -0.3 is 59.5 Å². The van der Waals surface area contributed by atoms with Gasteiger partial charge in [-0.25, -0.2) is 0 Å². The second-order valence-electron chi connectivity index (χ2n) is 6.48. The summed E-state index contributed by atoms with van der Waals surface area (Å²) in [5.74, 6) is 1.73. The van der Waals surface area contributed by atoms with E-state index in [2.05, 4.69) is 47.5 Å². The summed E-state index contributed by atoms with van der Waals surface area (Å²) in [5.41, 5.74) is 2.11. The fourth-order valence-corrected chi connectivity index (χ4v) is 3.38. The molecule has 0 bridgehead atoms. The van der Waals surface area contributed by atoms with E-state index in [0.717, 1.165) is 49.0 Å². The molecule has 0 atom stereocenters. The molecule has 0 amide bonds. The maximum absolute atomic E-state index is 4.89. The van der Waals surface area contributed by atoms with Gasteiger partial charge in [-0.2, -0.15) is 0 Å². The Labute approximate surface area is 233 Å². The van der Waals surface area contributed by atoms with Gasteiger partial charge in [0.15, 0.2) is 0 Å². The molecule has 2 rings (SSSR count). The number of aliphatic imine (C=N–C) groups is 2. The van der Waals surface area contributed by atoms with Crippen LogP contribution >= 0.6 is 24.4 Å². The molecule has 4 nitrogen and oxygen atoms in total. The van der Waals surface area contributed by atoms with E-state index in [1.807, 2.05) is 60.7 Å². The van der Waals surface area contributed by atoms with Crippen molar-refractivity contribution in [3.8, 4) is 0 Å². The van der Waals surface area contributed by atoms with E-state index in [0.29, 0.717) is 0 Å². The molecule has 2 aromatic rings. The summed E-state index contributed by atoms with van der Waals surface area (Å²) in [6.45, 7) is 11.9. The largest absolute Gasteiger partial charge is 2.00 e. The van der Waals surface area contributed by atoms with Crippen molar-refractivity contribution < 1.29 is 19.5 Å². The molecule has 0 saturated heterocycles. The average molecular weight is 568 g/mol. The fraction of sp³-hybridized carbons (Fsp3) is 0.333.